The molecule has 0 saturated carbocycles. The van der Waals surface area contributed by atoms with Crippen molar-refractivity contribution in [1.82, 2.24) is 15.3 Å². The summed E-state index contributed by atoms with van der Waals surface area (Å²) in [5, 5.41) is 5.86. The lowest BCUT2D eigenvalue weighted by molar-refractivity contribution is -0.120. The number of fused-ring (bicyclic) bond motifs is 2. The second kappa shape index (κ2) is 8.36. The first-order valence-electron chi connectivity index (χ1n) is 10.1. The minimum absolute atomic E-state index is 0.0249. The fraction of sp³-hybridized carbons (Fsp3) is 0.160. The van der Waals surface area contributed by atoms with E-state index in [4.69, 9.17) is 16.3 Å². The molecule has 1 aromatic heterocycles. The van der Waals surface area contributed by atoms with E-state index >= 15 is 0 Å². The van der Waals surface area contributed by atoms with Crippen LogP contribution in [0.5, 0.6) is 5.75 Å². The molecule has 0 aliphatic carbocycles. The van der Waals surface area contributed by atoms with Crippen molar-refractivity contribution >= 4 is 28.3 Å². The molecule has 0 fully saturated rings. The average molecular weight is 430 g/mol. The Kier molecular flexibility index (Phi) is 5.26. The Morgan fingerprint density at radius 3 is 2.68 bits per heavy atom. The van der Waals surface area contributed by atoms with Crippen molar-refractivity contribution in [2.45, 2.75) is 18.9 Å². The number of nitrogens with one attached hydrogen (secondary N) is 1. The van der Waals surface area contributed by atoms with E-state index in [1.807, 2.05) is 30.3 Å². The number of carbonyl (C=O) groups is 1. The molecule has 0 saturated heterocycles. The summed E-state index contributed by atoms with van der Waals surface area (Å²) in [5.74, 6) is 0.666. The summed E-state index contributed by atoms with van der Waals surface area (Å²) in [4.78, 5) is 20.6. The predicted octanol–water partition coefficient (Wildman–Crippen LogP) is 4.61. The highest BCUT2D eigenvalue weighted by Crippen LogP contribution is 2.39. The van der Waals surface area contributed by atoms with E-state index in [2.05, 4.69) is 39.6 Å². The molecule has 4 aromatic rings. The molecule has 1 aliphatic heterocycles. The second-order valence-corrected chi connectivity index (χ2v) is 8.09. The highest BCUT2D eigenvalue weighted by molar-refractivity contribution is 6.32. The van der Waals surface area contributed by atoms with E-state index in [9.17, 15) is 4.79 Å². The smallest absolute Gasteiger partial charge is 0.224 e. The minimum atomic E-state index is -0.143. The average Bonchev–Trinajstić information content (AvgIpc) is 3.22. The first kappa shape index (κ1) is 19.5. The van der Waals surface area contributed by atoms with Gasteiger partial charge in [0.05, 0.1) is 18.0 Å². The fourth-order valence-corrected chi connectivity index (χ4v) is 4.22. The molecule has 0 unspecified atom stereocenters. The van der Waals surface area contributed by atoms with Crippen molar-refractivity contribution in [1.29, 1.82) is 0 Å². The quantitative estimate of drug-likeness (QED) is 0.503. The van der Waals surface area contributed by atoms with Crippen molar-refractivity contribution in [3.63, 3.8) is 0 Å². The molecule has 6 heteroatoms. The van der Waals surface area contributed by atoms with Crippen LogP contribution in [0, 0.1) is 0 Å². The molecule has 5 rings (SSSR count). The summed E-state index contributed by atoms with van der Waals surface area (Å²) in [6.45, 7) is 0.432. The van der Waals surface area contributed by atoms with E-state index in [0.717, 1.165) is 27.6 Å². The van der Waals surface area contributed by atoms with Crippen LogP contribution in [0.4, 0.5) is 0 Å². The van der Waals surface area contributed by atoms with Gasteiger partial charge in [-0.05, 0) is 34.0 Å². The summed E-state index contributed by atoms with van der Waals surface area (Å²) in [7, 11) is 0. The number of rotatable bonds is 5. The fourth-order valence-electron chi connectivity index (χ4n) is 3.94. The standard InChI is InChI=1S/C25H20ClN3O2/c26-23-11-19(21-12-27-15-28-13-21)9-20-10-22(31-25(20)23)14-29-24(30)8-16-5-6-17-3-1-2-4-18(17)7-16/h1-7,9,11-13,15,22H,8,10,14H2,(H,29,30)/t22-/m0/s1. The van der Waals surface area contributed by atoms with Crippen molar-refractivity contribution < 1.29 is 9.53 Å². The van der Waals surface area contributed by atoms with Crippen LogP contribution < -0.4 is 10.1 Å². The van der Waals surface area contributed by atoms with Gasteiger partial charge in [-0.15, -0.1) is 0 Å². The molecule has 1 atom stereocenters. The Labute approximate surface area is 185 Å². The van der Waals surface area contributed by atoms with E-state index in [-0.39, 0.29) is 12.0 Å². The van der Waals surface area contributed by atoms with Crippen LogP contribution in [-0.4, -0.2) is 28.5 Å². The normalized spacial score (nSPS) is 14.8. The molecule has 1 aliphatic rings. The minimum Gasteiger partial charge on any atom is -0.486 e. The van der Waals surface area contributed by atoms with Gasteiger partial charge in [-0.3, -0.25) is 4.79 Å². The number of amides is 1. The zero-order valence-electron chi connectivity index (χ0n) is 16.7. The van der Waals surface area contributed by atoms with Crippen LogP contribution in [0.2, 0.25) is 5.02 Å². The van der Waals surface area contributed by atoms with Gasteiger partial charge in [0.15, 0.2) is 0 Å². The number of aromatic nitrogens is 2. The third-order valence-electron chi connectivity index (χ3n) is 5.45. The number of carbonyl (C=O) groups excluding carboxylic acids is 1. The number of hydrogen-bond donors (Lipinski definition) is 1. The zero-order valence-corrected chi connectivity index (χ0v) is 17.5. The van der Waals surface area contributed by atoms with Gasteiger partial charge in [0.2, 0.25) is 5.91 Å². The maximum atomic E-state index is 12.5. The number of halogens is 1. The Bertz CT molecular complexity index is 1260. The summed E-state index contributed by atoms with van der Waals surface area (Å²) in [6.07, 6.45) is 5.89. The molecule has 0 bridgehead atoms. The maximum Gasteiger partial charge on any atom is 0.224 e. The van der Waals surface area contributed by atoms with E-state index in [0.29, 0.717) is 30.2 Å². The number of benzene rings is 3. The summed E-state index contributed by atoms with van der Waals surface area (Å²) in [6, 6.07) is 18.2. The van der Waals surface area contributed by atoms with Gasteiger partial charge in [-0.25, -0.2) is 9.97 Å². The summed E-state index contributed by atoms with van der Waals surface area (Å²) < 4.78 is 6.01. The van der Waals surface area contributed by atoms with Crippen LogP contribution >= 0.6 is 11.6 Å². The lowest BCUT2D eigenvalue weighted by Gasteiger charge is -2.12. The van der Waals surface area contributed by atoms with Gasteiger partial charge in [0, 0.05) is 29.9 Å². The van der Waals surface area contributed by atoms with Crippen LogP contribution in [0.1, 0.15) is 11.1 Å². The first-order chi connectivity index (χ1) is 15.2. The van der Waals surface area contributed by atoms with Crippen LogP contribution in [-0.2, 0) is 17.6 Å². The second-order valence-electron chi connectivity index (χ2n) is 7.68. The van der Waals surface area contributed by atoms with Crippen LogP contribution in [0.15, 0.2) is 73.3 Å². The molecule has 3 aromatic carbocycles. The summed E-state index contributed by atoms with van der Waals surface area (Å²) >= 11 is 6.45. The highest BCUT2D eigenvalue weighted by atomic mass is 35.5. The van der Waals surface area contributed by atoms with Crippen LogP contribution in [0.3, 0.4) is 0 Å². The van der Waals surface area contributed by atoms with Gasteiger partial charge in [0.25, 0.3) is 0 Å². The first-order valence-corrected chi connectivity index (χ1v) is 10.5. The molecule has 2 heterocycles. The van der Waals surface area contributed by atoms with E-state index in [1.54, 1.807) is 12.4 Å². The number of hydrogen-bond acceptors (Lipinski definition) is 4. The Balaban J connectivity index is 1.21. The van der Waals surface area contributed by atoms with Gasteiger partial charge < -0.3 is 10.1 Å². The Morgan fingerprint density at radius 2 is 1.84 bits per heavy atom. The zero-order chi connectivity index (χ0) is 21.2. The van der Waals surface area contributed by atoms with Gasteiger partial charge in [-0.2, -0.15) is 0 Å². The predicted molar refractivity (Wildman–Crippen MR) is 121 cm³/mol. The third kappa shape index (κ3) is 4.23. The van der Waals surface area contributed by atoms with E-state index in [1.165, 1.54) is 11.7 Å². The molecule has 154 valence electrons. The van der Waals surface area contributed by atoms with E-state index < -0.39 is 0 Å². The summed E-state index contributed by atoms with van der Waals surface area (Å²) in [5.41, 5.74) is 3.87. The van der Waals surface area contributed by atoms with Crippen molar-refractivity contribution in [2.75, 3.05) is 6.54 Å². The number of ether oxygens (including phenoxy) is 1. The molecule has 0 spiro atoms. The van der Waals surface area contributed by atoms with Crippen LogP contribution in [0.25, 0.3) is 21.9 Å². The Hall–Kier alpha value is -3.44. The monoisotopic (exact) mass is 429 g/mol. The molecule has 5 nitrogen and oxygen atoms in total. The van der Waals surface area contributed by atoms with Gasteiger partial charge in [0.1, 0.15) is 18.2 Å². The lowest BCUT2D eigenvalue weighted by Crippen LogP contribution is -2.35. The van der Waals surface area contributed by atoms with Crippen molar-refractivity contribution in [3.05, 3.63) is 89.5 Å². The topological polar surface area (TPSA) is 64.1 Å². The largest absolute Gasteiger partial charge is 0.486 e. The highest BCUT2D eigenvalue weighted by Gasteiger charge is 2.26. The van der Waals surface area contributed by atoms with Gasteiger partial charge >= 0.3 is 0 Å². The molecular weight excluding hydrogens is 410 g/mol. The maximum absolute atomic E-state index is 12.5. The van der Waals surface area contributed by atoms with Crippen molar-refractivity contribution in [2.24, 2.45) is 0 Å². The molecule has 0 radical (unpaired) electrons. The molecule has 1 amide bonds. The third-order valence-corrected chi connectivity index (χ3v) is 5.73. The SMILES string of the molecule is O=C(Cc1ccc2ccccc2c1)NC[C@@H]1Cc2cc(-c3cncnc3)cc(Cl)c2O1. The molecule has 1 N–H and O–H groups in total. The Morgan fingerprint density at radius 1 is 1.03 bits per heavy atom. The lowest BCUT2D eigenvalue weighted by atomic mass is 10.0. The number of nitrogens with zero attached hydrogens (tertiary/aromatic N) is 2. The van der Waals surface area contributed by atoms with Gasteiger partial charge in [-0.1, -0.05) is 54.1 Å². The van der Waals surface area contributed by atoms with Crippen molar-refractivity contribution in [3.8, 4) is 16.9 Å². The molecule has 31 heavy (non-hydrogen) atoms. The molecular formula is C25H20ClN3O2.